The Balaban J connectivity index is 1.35. The van der Waals surface area contributed by atoms with Crippen molar-refractivity contribution in [3.63, 3.8) is 0 Å². The van der Waals surface area contributed by atoms with E-state index in [4.69, 9.17) is 9.47 Å². The first-order chi connectivity index (χ1) is 27.8. The smallest absolute Gasteiger partial charge is 0.320 e. The van der Waals surface area contributed by atoms with E-state index >= 15 is 0 Å². The van der Waals surface area contributed by atoms with E-state index in [-0.39, 0.29) is 36.6 Å². The van der Waals surface area contributed by atoms with Gasteiger partial charge in [-0.1, -0.05) is 78.0 Å². The molecule has 8 bridgehead atoms. The van der Waals surface area contributed by atoms with Gasteiger partial charge in [0, 0.05) is 56.6 Å². The second-order valence-electron chi connectivity index (χ2n) is 17.0. The third-order valence-electron chi connectivity index (χ3n) is 13.3. The van der Waals surface area contributed by atoms with E-state index in [2.05, 4.69) is 93.5 Å². The van der Waals surface area contributed by atoms with Crippen molar-refractivity contribution >= 4 is 47.6 Å². The minimum Gasteiger partial charge on any atom is -0.510 e. The van der Waals surface area contributed by atoms with Crippen molar-refractivity contribution in [2.45, 2.75) is 126 Å². The number of H-pyrrole nitrogens is 3. The van der Waals surface area contributed by atoms with E-state index in [9.17, 15) is 14.7 Å². The van der Waals surface area contributed by atoms with Crippen molar-refractivity contribution in [1.29, 1.82) is 0 Å². The van der Waals surface area contributed by atoms with Crippen molar-refractivity contribution in [1.82, 2.24) is 20.3 Å². The molecule has 2 aliphatic heterocycles. The molecule has 1 fully saturated rings. The SMILES string of the molecule is C=Cc1c2[nH]c(c1C)/C=C1\NC(C3=c4[nH]c(c(C)c4=C(O)[C@@H]3C(=O)OC)/C=c3\[nH]/c(c(C)c3CC)=C\2)[C@@H](CCC(=O)OC/C=C(/C)CCC[C@@H](C)CCCCC)[C@@H]1C. The van der Waals surface area contributed by atoms with Gasteiger partial charge in [-0.15, -0.1) is 0 Å². The number of esters is 2. The van der Waals surface area contributed by atoms with Gasteiger partial charge in [0.1, 0.15) is 18.3 Å². The number of hydrogen-bond acceptors (Lipinski definition) is 6. The minimum atomic E-state index is -0.991. The molecule has 1 aliphatic carbocycles. The highest BCUT2D eigenvalue weighted by molar-refractivity contribution is 5.95. The number of aliphatic hydroxyl groups excluding tert-OH is 1. The third kappa shape index (κ3) is 8.46. The minimum absolute atomic E-state index is 0.0163. The lowest BCUT2D eigenvalue weighted by atomic mass is 9.80. The first-order valence-corrected chi connectivity index (χ1v) is 21.6. The predicted molar refractivity (Wildman–Crippen MR) is 235 cm³/mol. The number of carbonyl (C=O) groups is 2. The van der Waals surface area contributed by atoms with Gasteiger partial charge in [-0.25, -0.2) is 0 Å². The zero-order valence-corrected chi connectivity index (χ0v) is 36.3. The van der Waals surface area contributed by atoms with Gasteiger partial charge in [0.25, 0.3) is 0 Å². The Bertz CT molecular complexity index is 2360. The number of allylic oxidation sites excluding steroid dienone is 2. The summed E-state index contributed by atoms with van der Waals surface area (Å²) >= 11 is 0. The molecule has 1 saturated heterocycles. The van der Waals surface area contributed by atoms with Crippen LogP contribution in [0.3, 0.4) is 0 Å². The number of aromatic amines is 3. The number of nitrogens with one attached hydrogen (secondary N) is 4. The highest BCUT2D eigenvalue weighted by atomic mass is 16.5. The average molecular weight is 791 g/mol. The maximum atomic E-state index is 13.6. The summed E-state index contributed by atoms with van der Waals surface area (Å²) < 4.78 is 11.1. The lowest BCUT2D eigenvalue weighted by Crippen LogP contribution is -2.38. The van der Waals surface area contributed by atoms with E-state index in [1.807, 2.05) is 19.1 Å². The predicted octanol–water partition coefficient (Wildman–Crippen LogP) is 7.31. The van der Waals surface area contributed by atoms with E-state index in [1.54, 1.807) is 0 Å². The molecule has 5 N–H and O–H groups in total. The Kier molecular flexibility index (Phi) is 13.5. The number of aliphatic hydroxyl groups is 1. The summed E-state index contributed by atoms with van der Waals surface area (Å²) in [5.41, 5.74) is 11.1. The van der Waals surface area contributed by atoms with Crippen LogP contribution in [0.4, 0.5) is 0 Å². The first kappa shape index (κ1) is 42.7. The standard InChI is InChI=1S/C49H66N4O5/c1-11-14-15-17-27(4)18-16-19-28(5)22-23-58-42(54)21-20-35-31(8)38-24-36-29(6)33(12-2)40(50-36)25-37-30(7)34(13-3)41(51-37)26-39-32(9)43-47(53-39)44(46(35)52-38)45(48(43)55)49(56)57-10/h12,22,24-27,31,35,45-46,50-53,55H,2,11,13-21,23H2,1,3-10H3/b28-22-,37-25-,38-24-,41-26-/t27-,31-,35-,45+,46?/m0/s1. The molecule has 6 rings (SSSR count). The fraction of sp³-hybridized carbons (Fsp3) is 0.510. The normalized spacial score (nSPS) is 22.4. The van der Waals surface area contributed by atoms with Crippen molar-refractivity contribution in [3.8, 4) is 0 Å². The van der Waals surface area contributed by atoms with Gasteiger partial charge < -0.3 is 34.8 Å². The Hall–Kier alpha value is -4.92. The molecule has 58 heavy (non-hydrogen) atoms. The molecule has 0 amide bonds. The van der Waals surface area contributed by atoms with Crippen molar-refractivity contribution in [3.05, 3.63) is 90.1 Å². The van der Waals surface area contributed by atoms with Crippen LogP contribution in [0.15, 0.2) is 23.9 Å². The lowest BCUT2D eigenvalue weighted by molar-refractivity contribution is -0.143. The monoisotopic (exact) mass is 791 g/mol. The molecule has 3 aromatic heterocycles. The van der Waals surface area contributed by atoms with Crippen LogP contribution in [0.2, 0.25) is 0 Å². The third-order valence-corrected chi connectivity index (χ3v) is 13.3. The fourth-order valence-electron chi connectivity index (χ4n) is 9.63. The largest absolute Gasteiger partial charge is 0.510 e. The fourth-order valence-corrected chi connectivity index (χ4v) is 9.63. The molecule has 1 unspecified atom stereocenters. The zero-order chi connectivity index (χ0) is 41.8. The van der Waals surface area contributed by atoms with Crippen LogP contribution >= 0.6 is 0 Å². The van der Waals surface area contributed by atoms with Gasteiger partial charge in [-0.05, 0) is 117 Å². The van der Waals surface area contributed by atoms with E-state index in [0.29, 0.717) is 11.6 Å². The molecule has 9 heteroatoms. The topological polar surface area (TPSA) is 132 Å². The number of carbonyl (C=O) groups excluding carboxylic acids is 2. The second kappa shape index (κ2) is 18.3. The van der Waals surface area contributed by atoms with Crippen LogP contribution in [0.1, 0.15) is 137 Å². The van der Waals surface area contributed by atoms with Crippen LogP contribution in [0.5, 0.6) is 0 Å². The first-order valence-electron chi connectivity index (χ1n) is 21.6. The highest BCUT2D eigenvalue weighted by Crippen LogP contribution is 2.42. The number of methoxy groups -OCH3 is 1. The van der Waals surface area contributed by atoms with Gasteiger partial charge in [-0.3, -0.25) is 9.59 Å². The maximum Gasteiger partial charge on any atom is 0.320 e. The number of fused-ring (bicyclic) bond motifs is 8. The molecule has 3 aromatic rings. The van der Waals surface area contributed by atoms with Crippen LogP contribution in [0, 0.1) is 44.4 Å². The zero-order valence-electron chi connectivity index (χ0n) is 36.3. The van der Waals surface area contributed by atoms with E-state index in [1.165, 1.54) is 55.9 Å². The summed E-state index contributed by atoms with van der Waals surface area (Å²) in [4.78, 5) is 38.0. The molecular formula is C49H66N4O5. The number of aromatic nitrogens is 3. The van der Waals surface area contributed by atoms with Gasteiger partial charge in [0.05, 0.1) is 18.5 Å². The van der Waals surface area contributed by atoms with Crippen LogP contribution in [-0.2, 0) is 25.5 Å². The van der Waals surface area contributed by atoms with E-state index in [0.717, 1.165) is 86.3 Å². The number of unbranched alkanes of at least 4 members (excludes halogenated alkanes) is 2. The summed E-state index contributed by atoms with van der Waals surface area (Å²) in [5.74, 6) is -1.17. The summed E-state index contributed by atoms with van der Waals surface area (Å²) in [6, 6.07) is -0.391. The van der Waals surface area contributed by atoms with E-state index < -0.39 is 17.9 Å². The Morgan fingerprint density at radius 3 is 2.36 bits per heavy atom. The quantitative estimate of drug-likeness (QED) is 0.0588. The summed E-state index contributed by atoms with van der Waals surface area (Å²) in [7, 11) is 1.36. The van der Waals surface area contributed by atoms with Gasteiger partial charge in [0.15, 0.2) is 0 Å². The van der Waals surface area contributed by atoms with Gasteiger partial charge in [0.2, 0.25) is 0 Å². The number of ether oxygens (including phenoxy) is 2. The summed E-state index contributed by atoms with van der Waals surface area (Å²) in [6.07, 6.45) is 20.5. The van der Waals surface area contributed by atoms with Crippen molar-refractivity contribution in [2.75, 3.05) is 13.7 Å². The molecule has 0 saturated carbocycles. The van der Waals surface area contributed by atoms with Crippen LogP contribution < -0.4 is 26.6 Å². The highest BCUT2D eigenvalue weighted by Gasteiger charge is 2.47. The summed E-state index contributed by atoms with van der Waals surface area (Å²) in [5, 5.41) is 19.1. The molecule has 5 atom stereocenters. The summed E-state index contributed by atoms with van der Waals surface area (Å²) in [6.45, 7) is 21.7. The Morgan fingerprint density at radius 1 is 0.931 bits per heavy atom. The number of rotatable bonds is 16. The Morgan fingerprint density at radius 2 is 1.66 bits per heavy atom. The van der Waals surface area contributed by atoms with Gasteiger partial charge in [-0.2, -0.15) is 0 Å². The Labute approximate surface area is 344 Å². The molecule has 0 radical (unpaired) electrons. The molecule has 9 nitrogen and oxygen atoms in total. The average Bonchev–Trinajstić information content (AvgIpc) is 3.94. The lowest BCUT2D eigenvalue weighted by Gasteiger charge is -2.26. The maximum absolute atomic E-state index is 13.6. The molecule has 0 aromatic carbocycles. The number of hydrogen-bond donors (Lipinski definition) is 5. The van der Waals surface area contributed by atoms with Crippen LogP contribution in [-0.4, -0.2) is 51.8 Å². The molecule has 5 heterocycles. The molecule has 0 spiro atoms. The second-order valence-corrected chi connectivity index (χ2v) is 17.0. The molecule has 312 valence electrons. The van der Waals surface area contributed by atoms with Crippen molar-refractivity contribution in [2.24, 2.45) is 23.7 Å². The molecular weight excluding hydrogens is 725 g/mol. The van der Waals surface area contributed by atoms with Crippen LogP contribution in [0.25, 0.3) is 35.6 Å². The molecule has 3 aliphatic rings. The van der Waals surface area contributed by atoms with Crippen molar-refractivity contribution < 1.29 is 24.2 Å². The van der Waals surface area contributed by atoms with Gasteiger partial charge >= 0.3 is 11.9 Å².